The van der Waals surface area contributed by atoms with Crippen LogP contribution in [-0.2, 0) is 4.79 Å². The van der Waals surface area contributed by atoms with Gasteiger partial charge in [0, 0.05) is 25.9 Å². The molecule has 0 bridgehead atoms. The van der Waals surface area contributed by atoms with Crippen molar-refractivity contribution < 1.29 is 14.7 Å². The van der Waals surface area contributed by atoms with Crippen LogP contribution in [-0.4, -0.2) is 37.1 Å². The van der Waals surface area contributed by atoms with Crippen LogP contribution in [0.1, 0.15) is 30.1 Å². The van der Waals surface area contributed by atoms with E-state index in [1.165, 1.54) is 11.8 Å². The minimum atomic E-state index is -0.214. The molecule has 1 fully saturated rings. The summed E-state index contributed by atoms with van der Waals surface area (Å²) in [6, 6.07) is 7.00. The lowest BCUT2D eigenvalue weighted by Crippen LogP contribution is -2.33. The zero-order valence-corrected chi connectivity index (χ0v) is 11.8. The third-order valence-electron chi connectivity index (χ3n) is 3.90. The maximum Gasteiger partial charge on any atom is 0.253 e. The molecule has 0 heterocycles. The van der Waals surface area contributed by atoms with Crippen LogP contribution in [0.25, 0.3) is 0 Å². The highest BCUT2D eigenvalue weighted by atomic mass is 16.3. The van der Waals surface area contributed by atoms with Crippen molar-refractivity contribution in [3.05, 3.63) is 29.8 Å². The average Bonchev–Trinajstić information content (AvgIpc) is 3.24. The van der Waals surface area contributed by atoms with E-state index < -0.39 is 0 Å². The van der Waals surface area contributed by atoms with E-state index in [1.54, 1.807) is 31.3 Å². The van der Waals surface area contributed by atoms with Crippen molar-refractivity contribution in [1.82, 2.24) is 5.32 Å². The molecule has 5 heteroatoms. The van der Waals surface area contributed by atoms with E-state index in [2.05, 4.69) is 5.32 Å². The van der Waals surface area contributed by atoms with Gasteiger partial charge in [-0.3, -0.25) is 9.59 Å². The Bertz CT molecular complexity index is 524. The SMILES string of the molecule is CC(=O)N(C)c1ccccc1C(=O)NCC1(CO)CC1. The van der Waals surface area contributed by atoms with Crippen LogP contribution in [0, 0.1) is 5.41 Å². The second kappa shape index (κ2) is 5.63. The molecular weight excluding hydrogens is 256 g/mol. The Morgan fingerprint density at radius 1 is 1.35 bits per heavy atom. The first-order chi connectivity index (χ1) is 9.49. The number of amides is 2. The van der Waals surface area contributed by atoms with Crippen LogP contribution >= 0.6 is 0 Å². The number of nitrogens with zero attached hydrogens (tertiary/aromatic N) is 1. The van der Waals surface area contributed by atoms with Crippen LogP contribution < -0.4 is 10.2 Å². The third kappa shape index (κ3) is 2.99. The normalized spacial score (nSPS) is 15.6. The lowest BCUT2D eigenvalue weighted by molar-refractivity contribution is -0.116. The molecule has 0 saturated heterocycles. The number of hydrogen-bond acceptors (Lipinski definition) is 3. The molecule has 20 heavy (non-hydrogen) atoms. The Kier molecular flexibility index (Phi) is 4.09. The second-order valence-electron chi connectivity index (χ2n) is 5.44. The van der Waals surface area contributed by atoms with E-state index >= 15 is 0 Å². The first-order valence-electron chi connectivity index (χ1n) is 6.71. The van der Waals surface area contributed by atoms with E-state index in [1.807, 2.05) is 0 Å². The van der Waals surface area contributed by atoms with Crippen LogP contribution in [0.5, 0.6) is 0 Å². The smallest absolute Gasteiger partial charge is 0.253 e. The average molecular weight is 276 g/mol. The van der Waals surface area contributed by atoms with Crippen LogP contribution in [0.15, 0.2) is 24.3 Å². The van der Waals surface area contributed by atoms with Gasteiger partial charge in [0.15, 0.2) is 0 Å². The van der Waals surface area contributed by atoms with E-state index in [0.29, 0.717) is 17.8 Å². The third-order valence-corrected chi connectivity index (χ3v) is 3.90. The van der Waals surface area contributed by atoms with Crippen LogP contribution in [0.2, 0.25) is 0 Å². The number of aliphatic hydroxyl groups excluding tert-OH is 1. The molecule has 0 spiro atoms. The van der Waals surface area contributed by atoms with E-state index in [9.17, 15) is 14.7 Å². The first kappa shape index (κ1) is 14.5. The van der Waals surface area contributed by atoms with Gasteiger partial charge in [-0.05, 0) is 25.0 Å². The van der Waals surface area contributed by atoms with Gasteiger partial charge in [0.2, 0.25) is 5.91 Å². The monoisotopic (exact) mass is 276 g/mol. The summed E-state index contributed by atoms with van der Waals surface area (Å²) in [6.07, 6.45) is 1.89. The summed E-state index contributed by atoms with van der Waals surface area (Å²) in [5, 5.41) is 12.1. The Morgan fingerprint density at radius 2 is 2.00 bits per heavy atom. The standard InChI is InChI=1S/C15H20N2O3/c1-11(19)17(2)13-6-4-3-5-12(13)14(20)16-9-15(10-18)7-8-15/h3-6,18H,7-10H2,1-2H3,(H,16,20). The molecular formula is C15H20N2O3. The summed E-state index contributed by atoms with van der Waals surface area (Å²) in [5.41, 5.74) is 0.933. The topological polar surface area (TPSA) is 69.6 Å². The molecule has 1 saturated carbocycles. The van der Waals surface area contributed by atoms with Crippen molar-refractivity contribution in [2.45, 2.75) is 19.8 Å². The Morgan fingerprint density at radius 3 is 2.55 bits per heavy atom. The molecule has 1 aliphatic rings. The van der Waals surface area contributed by atoms with Gasteiger partial charge in [-0.2, -0.15) is 0 Å². The number of hydrogen-bond donors (Lipinski definition) is 2. The molecule has 0 aromatic heterocycles. The summed E-state index contributed by atoms with van der Waals surface area (Å²) in [7, 11) is 1.64. The van der Waals surface area contributed by atoms with Crippen LogP contribution in [0.3, 0.4) is 0 Å². The van der Waals surface area contributed by atoms with Crippen molar-refractivity contribution in [2.75, 3.05) is 25.1 Å². The second-order valence-corrected chi connectivity index (χ2v) is 5.44. The molecule has 5 nitrogen and oxygen atoms in total. The summed E-state index contributed by atoms with van der Waals surface area (Å²) in [4.78, 5) is 25.2. The molecule has 2 rings (SSSR count). The number of carbonyl (C=O) groups excluding carboxylic acids is 2. The fraction of sp³-hybridized carbons (Fsp3) is 0.467. The van der Waals surface area contributed by atoms with Crippen molar-refractivity contribution in [3.8, 4) is 0 Å². The van der Waals surface area contributed by atoms with Gasteiger partial charge in [-0.15, -0.1) is 0 Å². The highest BCUT2D eigenvalue weighted by Crippen LogP contribution is 2.44. The van der Waals surface area contributed by atoms with Gasteiger partial charge in [-0.25, -0.2) is 0 Å². The fourth-order valence-electron chi connectivity index (χ4n) is 2.06. The highest BCUT2D eigenvalue weighted by molar-refractivity contribution is 6.04. The molecule has 0 aliphatic heterocycles. The van der Waals surface area contributed by atoms with E-state index in [-0.39, 0.29) is 23.8 Å². The van der Waals surface area contributed by atoms with Gasteiger partial charge in [0.25, 0.3) is 5.91 Å². The lowest BCUT2D eigenvalue weighted by atomic mass is 10.1. The number of benzene rings is 1. The summed E-state index contributed by atoms with van der Waals surface area (Å²) in [6.45, 7) is 2.03. The Hall–Kier alpha value is -1.88. The maximum absolute atomic E-state index is 12.3. The largest absolute Gasteiger partial charge is 0.396 e. The van der Waals surface area contributed by atoms with Crippen molar-refractivity contribution in [2.24, 2.45) is 5.41 Å². The zero-order valence-electron chi connectivity index (χ0n) is 11.8. The summed E-state index contributed by atoms with van der Waals surface area (Å²) >= 11 is 0. The first-order valence-corrected chi connectivity index (χ1v) is 6.71. The molecule has 0 atom stereocenters. The quantitative estimate of drug-likeness (QED) is 0.848. The molecule has 2 amide bonds. The zero-order chi connectivity index (χ0) is 14.8. The highest BCUT2D eigenvalue weighted by Gasteiger charge is 2.42. The van der Waals surface area contributed by atoms with Gasteiger partial charge in [0.05, 0.1) is 17.9 Å². The number of rotatable bonds is 5. The predicted octanol–water partition coefficient (Wildman–Crippen LogP) is 1.17. The van der Waals surface area contributed by atoms with Crippen molar-refractivity contribution in [1.29, 1.82) is 0 Å². The molecule has 0 radical (unpaired) electrons. The fourth-order valence-corrected chi connectivity index (χ4v) is 2.06. The molecule has 1 aromatic carbocycles. The number of aliphatic hydroxyl groups is 1. The van der Waals surface area contributed by atoms with E-state index in [4.69, 9.17) is 0 Å². The predicted molar refractivity (Wildman–Crippen MR) is 76.6 cm³/mol. The number of carbonyl (C=O) groups is 2. The molecule has 1 aliphatic carbocycles. The van der Waals surface area contributed by atoms with Gasteiger partial charge in [0.1, 0.15) is 0 Å². The summed E-state index contributed by atoms with van der Waals surface area (Å²) in [5.74, 6) is -0.340. The molecule has 1 aromatic rings. The van der Waals surface area contributed by atoms with Gasteiger partial charge < -0.3 is 15.3 Å². The molecule has 108 valence electrons. The number of anilines is 1. The number of nitrogens with one attached hydrogen (secondary N) is 1. The van der Waals surface area contributed by atoms with Gasteiger partial charge >= 0.3 is 0 Å². The summed E-state index contributed by atoms with van der Waals surface area (Å²) < 4.78 is 0. The van der Waals surface area contributed by atoms with Gasteiger partial charge in [-0.1, -0.05) is 12.1 Å². The van der Waals surface area contributed by atoms with E-state index in [0.717, 1.165) is 12.8 Å². The number of para-hydroxylation sites is 1. The molecule has 2 N–H and O–H groups in total. The minimum Gasteiger partial charge on any atom is -0.396 e. The maximum atomic E-state index is 12.3. The Labute approximate surface area is 118 Å². The Balaban J connectivity index is 2.11. The van der Waals surface area contributed by atoms with Crippen LogP contribution in [0.4, 0.5) is 5.69 Å². The van der Waals surface area contributed by atoms with Crippen molar-refractivity contribution >= 4 is 17.5 Å². The lowest BCUT2D eigenvalue weighted by Gasteiger charge is -2.19. The molecule has 0 unspecified atom stereocenters. The van der Waals surface area contributed by atoms with Crippen molar-refractivity contribution in [3.63, 3.8) is 0 Å². The minimum absolute atomic E-state index is 0.0995.